The van der Waals surface area contributed by atoms with Crippen LogP contribution in [0.1, 0.15) is 42.3 Å². The summed E-state index contributed by atoms with van der Waals surface area (Å²) in [6.45, 7) is 6.07. The summed E-state index contributed by atoms with van der Waals surface area (Å²) in [5.41, 5.74) is 7.44. The van der Waals surface area contributed by atoms with E-state index in [2.05, 4.69) is 0 Å². The van der Waals surface area contributed by atoms with Gasteiger partial charge in [-0.25, -0.2) is 0 Å². The van der Waals surface area contributed by atoms with Gasteiger partial charge >= 0.3 is 0 Å². The van der Waals surface area contributed by atoms with Crippen molar-refractivity contribution in [1.82, 2.24) is 0 Å². The fourth-order valence-corrected chi connectivity index (χ4v) is 2.15. The van der Waals surface area contributed by atoms with E-state index >= 15 is 0 Å². The zero-order valence-electron chi connectivity index (χ0n) is 12.3. The van der Waals surface area contributed by atoms with Crippen molar-refractivity contribution in [2.45, 2.75) is 26.2 Å². The predicted molar refractivity (Wildman–Crippen MR) is 86.1 cm³/mol. The molecule has 0 unspecified atom stereocenters. The van der Waals surface area contributed by atoms with Crippen LogP contribution < -0.4 is 5.73 Å². The lowest BCUT2D eigenvalue weighted by Crippen LogP contribution is -2.14. The molecule has 21 heavy (non-hydrogen) atoms. The van der Waals surface area contributed by atoms with Crippen LogP contribution in [0.3, 0.4) is 0 Å². The van der Waals surface area contributed by atoms with Gasteiger partial charge in [0.1, 0.15) is 5.75 Å². The number of halogens is 1. The van der Waals surface area contributed by atoms with Gasteiger partial charge in [-0.2, -0.15) is 0 Å². The van der Waals surface area contributed by atoms with E-state index in [1.807, 2.05) is 20.8 Å². The molecule has 0 fully saturated rings. The third kappa shape index (κ3) is 3.19. The summed E-state index contributed by atoms with van der Waals surface area (Å²) in [5.74, 6) is -0.454. The number of nitrogens with two attached hydrogens (primary N) is 1. The Morgan fingerprint density at radius 3 is 2.24 bits per heavy atom. The highest BCUT2D eigenvalue weighted by atomic mass is 35.5. The Morgan fingerprint density at radius 1 is 1.14 bits per heavy atom. The molecule has 2 aromatic carbocycles. The molecule has 0 aliphatic rings. The maximum atomic E-state index is 12.6. The van der Waals surface area contributed by atoms with Gasteiger partial charge in [-0.1, -0.05) is 32.4 Å². The van der Waals surface area contributed by atoms with Gasteiger partial charge in [-0.05, 0) is 47.4 Å². The van der Waals surface area contributed by atoms with E-state index in [1.165, 1.54) is 0 Å². The molecule has 0 amide bonds. The van der Waals surface area contributed by atoms with E-state index in [0.717, 1.165) is 5.56 Å². The highest BCUT2D eigenvalue weighted by Crippen LogP contribution is 2.34. The van der Waals surface area contributed by atoms with Gasteiger partial charge in [0.05, 0.1) is 11.3 Å². The molecular weight excluding hydrogens is 286 g/mol. The van der Waals surface area contributed by atoms with Gasteiger partial charge in [-0.3, -0.25) is 4.79 Å². The fraction of sp³-hybridized carbons (Fsp3) is 0.235. The van der Waals surface area contributed by atoms with Gasteiger partial charge in [0.15, 0.2) is 5.78 Å². The average Bonchev–Trinajstić information content (AvgIpc) is 2.40. The van der Waals surface area contributed by atoms with E-state index in [4.69, 9.17) is 17.3 Å². The predicted octanol–water partition coefficient (Wildman–Crippen LogP) is 4.16. The minimum absolute atomic E-state index is 0.170. The minimum Gasteiger partial charge on any atom is -0.505 e. The third-order valence-electron chi connectivity index (χ3n) is 3.36. The smallest absolute Gasteiger partial charge is 0.196 e. The molecule has 0 radical (unpaired) electrons. The highest BCUT2D eigenvalue weighted by Gasteiger charge is 2.21. The lowest BCUT2D eigenvalue weighted by molar-refractivity contribution is 0.103. The molecule has 4 heteroatoms. The number of ketones is 1. The van der Waals surface area contributed by atoms with Crippen molar-refractivity contribution in [2.24, 2.45) is 0 Å². The second-order valence-electron chi connectivity index (χ2n) is 6.05. The number of hydrogen-bond donors (Lipinski definition) is 2. The number of phenols is 1. The Balaban J connectivity index is 2.55. The zero-order chi connectivity index (χ0) is 15.8. The first-order valence-electron chi connectivity index (χ1n) is 6.63. The number of nitrogen functional groups attached to an aromatic ring is 1. The third-order valence-corrected chi connectivity index (χ3v) is 3.61. The molecule has 2 aromatic rings. The Kier molecular flexibility index (Phi) is 3.97. The second-order valence-corrected chi connectivity index (χ2v) is 6.48. The topological polar surface area (TPSA) is 63.3 Å². The molecule has 2 rings (SSSR count). The molecule has 0 saturated carbocycles. The van der Waals surface area contributed by atoms with Gasteiger partial charge < -0.3 is 10.8 Å². The Bertz CT molecular complexity index is 685. The molecule has 0 atom stereocenters. The van der Waals surface area contributed by atoms with Crippen molar-refractivity contribution in [3.63, 3.8) is 0 Å². The van der Waals surface area contributed by atoms with Crippen LogP contribution in [0.4, 0.5) is 5.69 Å². The standard InChI is InChI=1S/C17H18ClNO2/c1-17(2,3)11-8-13(16(21)14(19)9-11)15(20)10-4-6-12(18)7-5-10/h4-9,21H,19H2,1-3H3. The molecule has 0 bridgehead atoms. The molecule has 3 N–H and O–H groups in total. The van der Waals surface area contributed by atoms with Crippen LogP contribution in [-0.2, 0) is 5.41 Å². The van der Waals surface area contributed by atoms with E-state index < -0.39 is 0 Å². The van der Waals surface area contributed by atoms with Crippen molar-refractivity contribution >= 4 is 23.1 Å². The van der Waals surface area contributed by atoms with Gasteiger partial charge in [0.25, 0.3) is 0 Å². The Hall–Kier alpha value is -2.00. The lowest BCUT2D eigenvalue weighted by atomic mass is 9.84. The summed E-state index contributed by atoms with van der Waals surface area (Å²) in [6.07, 6.45) is 0. The van der Waals surface area contributed by atoms with Crippen LogP contribution in [0.15, 0.2) is 36.4 Å². The summed E-state index contributed by atoms with van der Waals surface area (Å²) in [7, 11) is 0. The van der Waals surface area contributed by atoms with Crippen LogP contribution in [0.25, 0.3) is 0 Å². The van der Waals surface area contributed by atoms with Crippen molar-refractivity contribution in [2.75, 3.05) is 5.73 Å². The number of aromatic hydroxyl groups is 1. The van der Waals surface area contributed by atoms with Gasteiger partial charge in [-0.15, -0.1) is 0 Å². The highest BCUT2D eigenvalue weighted by molar-refractivity contribution is 6.30. The molecule has 0 saturated heterocycles. The first-order chi connectivity index (χ1) is 9.70. The molecule has 0 aliphatic heterocycles. The first kappa shape index (κ1) is 15.4. The normalized spacial score (nSPS) is 11.4. The molecular formula is C17H18ClNO2. The monoisotopic (exact) mass is 303 g/mol. The Labute approximate surface area is 129 Å². The van der Waals surface area contributed by atoms with Crippen LogP contribution >= 0.6 is 11.6 Å². The largest absolute Gasteiger partial charge is 0.505 e. The fourth-order valence-electron chi connectivity index (χ4n) is 2.02. The van der Waals surface area contributed by atoms with Gasteiger partial charge in [0, 0.05) is 10.6 Å². The Morgan fingerprint density at radius 2 is 1.71 bits per heavy atom. The zero-order valence-corrected chi connectivity index (χ0v) is 13.0. The number of carbonyl (C=O) groups excluding carboxylic acids is 1. The molecule has 0 heterocycles. The van der Waals surface area contributed by atoms with Crippen molar-refractivity contribution in [3.05, 3.63) is 58.1 Å². The molecule has 0 aliphatic carbocycles. The van der Waals surface area contributed by atoms with Crippen LogP contribution in [0.2, 0.25) is 5.02 Å². The maximum Gasteiger partial charge on any atom is 0.196 e. The number of carbonyl (C=O) groups is 1. The quantitative estimate of drug-likeness (QED) is 0.497. The number of rotatable bonds is 2. The van der Waals surface area contributed by atoms with Crippen LogP contribution in [0.5, 0.6) is 5.75 Å². The van der Waals surface area contributed by atoms with Crippen molar-refractivity contribution in [1.29, 1.82) is 0 Å². The van der Waals surface area contributed by atoms with Crippen LogP contribution in [-0.4, -0.2) is 10.9 Å². The minimum atomic E-state index is -0.276. The van der Waals surface area contributed by atoms with Crippen LogP contribution in [0, 0.1) is 0 Å². The average molecular weight is 304 g/mol. The first-order valence-corrected chi connectivity index (χ1v) is 7.01. The van der Waals surface area contributed by atoms with E-state index in [9.17, 15) is 9.90 Å². The maximum absolute atomic E-state index is 12.6. The number of benzene rings is 2. The summed E-state index contributed by atoms with van der Waals surface area (Å²) in [4.78, 5) is 12.6. The van der Waals surface area contributed by atoms with E-state index in [0.29, 0.717) is 10.6 Å². The summed E-state index contributed by atoms with van der Waals surface area (Å²) < 4.78 is 0. The lowest BCUT2D eigenvalue weighted by Gasteiger charge is -2.21. The summed E-state index contributed by atoms with van der Waals surface area (Å²) >= 11 is 5.82. The number of phenolic OH excluding ortho intramolecular Hbond substituents is 1. The second kappa shape index (κ2) is 5.41. The van der Waals surface area contributed by atoms with E-state index in [-0.39, 0.29) is 28.2 Å². The summed E-state index contributed by atoms with van der Waals surface area (Å²) in [6, 6.07) is 9.94. The number of hydrogen-bond acceptors (Lipinski definition) is 3. The van der Waals surface area contributed by atoms with E-state index in [1.54, 1.807) is 36.4 Å². The molecule has 0 aromatic heterocycles. The van der Waals surface area contributed by atoms with Gasteiger partial charge in [0.2, 0.25) is 0 Å². The SMILES string of the molecule is CC(C)(C)c1cc(N)c(O)c(C(=O)c2ccc(Cl)cc2)c1. The molecule has 3 nitrogen and oxygen atoms in total. The molecule has 110 valence electrons. The van der Waals surface area contributed by atoms with Crippen molar-refractivity contribution < 1.29 is 9.90 Å². The number of anilines is 1. The van der Waals surface area contributed by atoms with Crippen molar-refractivity contribution in [3.8, 4) is 5.75 Å². The molecule has 0 spiro atoms. The summed E-state index contributed by atoms with van der Waals surface area (Å²) in [5, 5.41) is 10.7.